The molecule has 0 fully saturated rings. The zero-order valence-corrected chi connectivity index (χ0v) is 14.6. The predicted molar refractivity (Wildman–Crippen MR) is 92.0 cm³/mol. The molecule has 0 bridgehead atoms. The van der Waals surface area contributed by atoms with Gasteiger partial charge in [0.2, 0.25) is 0 Å². The third-order valence-electron chi connectivity index (χ3n) is 3.75. The van der Waals surface area contributed by atoms with E-state index in [4.69, 9.17) is 21.1 Å². The normalized spacial score (nSPS) is 21.1. The van der Waals surface area contributed by atoms with Crippen LogP contribution in [0.25, 0.3) is 10.1 Å². The summed E-state index contributed by atoms with van der Waals surface area (Å²) in [5.41, 5.74) is 0. The number of carbonyl (C=O) groups excluding carboxylic acids is 1. The average molecular weight is 386 g/mol. The van der Waals surface area contributed by atoms with E-state index in [1.165, 1.54) is 17.4 Å². The van der Waals surface area contributed by atoms with Gasteiger partial charge < -0.3 is 14.8 Å². The van der Waals surface area contributed by atoms with Crippen LogP contribution in [0.4, 0.5) is 0 Å². The summed E-state index contributed by atoms with van der Waals surface area (Å²) in [6.45, 7) is 0.948. The van der Waals surface area contributed by atoms with Gasteiger partial charge in [-0.15, -0.1) is 11.3 Å². The molecule has 0 spiro atoms. The Kier molecular flexibility index (Phi) is 3.70. The van der Waals surface area contributed by atoms with E-state index in [0.29, 0.717) is 40.0 Å². The van der Waals surface area contributed by atoms with Crippen molar-refractivity contribution < 1.29 is 22.7 Å². The molecule has 1 N–H and O–H groups in total. The van der Waals surface area contributed by atoms with Gasteiger partial charge in [-0.25, -0.2) is 8.42 Å². The van der Waals surface area contributed by atoms with Gasteiger partial charge in [0, 0.05) is 21.6 Å². The van der Waals surface area contributed by atoms with E-state index in [1.54, 1.807) is 12.1 Å². The van der Waals surface area contributed by atoms with Crippen molar-refractivity contribution in [2.75, 3.05) is 19.0 Å². The first-order valence-electron chi connectivity index (χ1n) is 7.16. The second-order valence-corrected chi connectivity index (χ2v) is 8.84. The lowest BCUT2D eigenvalue weighted by molar-refractivity contribution is 0.0952. The second kappa shape index (κ2) is 5.65. The number of benzene rings is 1. The lowest BCUT2D eigenvalue weighted by atomic mass is 10.2. The van der Waals surface area contributed by atoms with Gasteiger partial charge in [0.15, 0.2) is 21.3 Å². The zero-order valence-electron chi connectivity index (χ0n) is 12.2. The van der Waals surface area contributed by atoms with Gasteiger partial charge in [-0.05, 0) is 12.1 Å². The number of thiophene rings is 1. The highest BCUT2D eigenvalue weighted by Gasteiger charge is 2.26. The molecule has 1 aromatic carbocycles. The number of hydrogen-bond acceptors (Lipinski definition) is 6. The molecule has 1 unspecified atom stereocenters. The van der Waals surface area contributed by atoms with Crippen LogP contribution in [0, 0.1) is 0 Å². The molecule has 0 saturated heterocycles. The van der Waals surface area contributed by atoms with Gasteiger partial charge in [-0.2, -0.15) is 0 Å². The van der Waals surface area contributed by atoms with Gasteiger partial charge in [0.25, 0.3) is 5.91 Å². The van der Waals surface area contributed by atoms with Crippen molar-refractivity contribution in [3.63, 3.8) is 0 Å². The Bertz CT molecular complexity index is 979. The Balaban J connectivity index is 1.65. The Morgan fingerprint density at radius 1 is 1.25 bits per heavy atom. The molecule has 2 aromatic rings. The van der Waals surface area contributed by atoms with E-state index in [1.807, 2.05) is 0 Å². The average Bonchev–Trinajstić information content (AvgIpc) is 3.05. The summed E-state index contributed by atoms with van der Waals surface area (Å²) in [5, 5.41) is 4.84. The number of nitrogens with one attached hydrogen (secondary N) is 1. The van der Waals surface area contributed by atoms with Gasteiger partial charge in [0.05, 0.1) is 16.8 Å². The highest BCUT2D eigenvalue weighted by Crippen LogP contribution is 2.42. The molecule has 0 saturated carbocycles. The van der Waals surface area contributed by atoms with Gasteiger partial charge in [-0.3, -0.25) is 4.79 Å². The first-order chi connectivity index (χ1) is 11.4. The molecule has 24 heavy (non-hydrogen) atoms. The maximum Gasteiger partial charge on any atom is 0.263 e. The van der Waals surface area contributed by atoms with Crippen molar-refractivity contribution in [3.8, 4) is 11.5 Å². The summed E-state index contributed by atoms with van der Waals surface area (Å²) in [6.07, 6.45) is 1.47. The molecular weight excluding hydrogens is 374 g/mol. The van der Waals surface area contributed by atoms with Crippen LogP contribution in [0.15, 0.2) is 23.6 Å². The van der Waals surface area contributed by atoms with Crippen molar-refractivity contribution in [1.82, 2.24) is 5.32 Å². The zero-order chi connectivity index (χ0) is 16.9. The van der Waals surface area contributed by atoms with Crippen LogP contribution in [0.1, 0.15) is 9.67 Å². The van der Waals surface area contributed by atoms with E-state index in [9.17, 15) is 13.2 Å². The number of hydrogen-bond donors (Lipinski definition) is 1. The molecule has 0 radical (unpaired) electrons. The summed E-state index contributed by atoms with van der Waals surface area (Å²) in [5.74, 6) is 0.707. The van der Waals surface area contributed by atoms with Crippen molar-refractivity contribution in [2.45, 2.75) is 6.04 Å². The first kappa shape index (κ1) is 15.7. The summed E-state index contributed by atoms with van der Waals surface area (Å²) < 4.78 is 34.7. The number of fused-ring (bicyclic) bond motifs is 2. The van der Waals surface area contributed by atoms with Crippen LogP contribution in [-0.2, 0) is 9.84 Å². The van der Waals surface area contributed by atoms with Crippen molar-refractivity contribution in [3.05, 3.63) is 33.5 Å². The first-order valence-corrected chi connectivity index (χ1v) is 10.1. The van der Waals surface area contributed by atoms with Crippen LogP contribution >= 0.6 is 22.9 Å². The Morgan fingerprint density at radius 2 is 1.96 bits per heavy atom. The molecule has 3 heterocycles. The molecule has 126 valence electrons. The second-order valence-electron chi connectivity index (χ2n) is 5.48. The third kappa shape index (κ3) is 2.74. The number of amides is 1. The Labute approximate surface area is 146 Å². The Morgan fingerprint density at radius 3 is 2.62 bits per heavy atom. The number of rotatable bonds is 2. The molecule has 0 aliphatic carbocycles. The SMILES string of the molecule is O=C(NC1C=CS(=O)(=O)C1)c1sc2cc3c(cc2c1Cl)OCCO3. The molecule has 1 atom stereocenters. The maximum absolute atomic E-state index is 12.4. The highest BCUT2D eigenvalue weighted by atomic mass is 35.5. The number of sulfone groups is 1. The molecular formula is C15H12ClNO5S2. The van der Waals surface area contributed by atoms with Crippen molar-refractivity contribution in [2.24, 2.45) is 0 Å². The molecule has 9 heteroatoms. The van der Waals surface area contributed by atoms with E-state index >= 15 is 0 Å². The minimum absolute atomic E-state index is 0.128. The quantitative estimate of drug-likeness (QED) is 0.858. The van der Waals surface area contributed by atoms with Gasteiger partial charge in [-0.1, -0.05) is 11.6 Å². The smallest absolute Gasteiger partial charge is 0.263 e. The van der Waals surface area contributed by atoms with Crippen molar-refractivity contribution >= 4 is 48.8 Å². The fourth-order valence-corrected chi connectivity index (χ4v) is 5.31. The highest BCUT2D eigenvalue weighted by molar-refractivity contribution is 7.94. The maximum atomic E-state index is 12.4. The van der Waals surface area contributed by atoms with Crippen molar-refractivity contribution in [1.29, 1.82) is 0 Å². The minimum Gasteiger partial charge on any atom is -0.486 e. The lowest BCUT2D eigenvalue weighted by Gasteiger charge is -2.18. The van der Waals surface area contributed by atoms with E-state index in [0.717, 1.165) is 10.1 Å². The molecule has 1 amide bonds. The summed E-state index contributed by atoms with van der Waals surface area (Å²) >= 11 is 7.59. The molecule has 2 aliphatic heterocycles. The van der Waals surface area contributed by atoms with E-state index in [2.05, 4.69) is 5.32 Å². The van der Waals surface area contributed by atoms with E-state index in [-0.39, 0.29) is 5.75 Å². The number of ether oxygens (including phenoxy) is 2. The number of carbonyl (C=O) groups is 1. The number of halogens is 1. The van der Waals surface area contributed by atoms with Crippen LogP contribution in [0.2, 0.25) is 5.02 Å². The fraction of sp³-hybridized carbons (Fsp3) is 0.267. The van der Waals surface area contributed by atoms with E-state index < -0.39 is 21.8 Å². The predicted octanol–water partition coefficient (Wildman–Crippen LogP) is 2.37. The van der Waals surface area contributed by atoms with Gasteiger partial charge in [0.1, 0.15) is 18.1 Å². The standard InChI is InChI=1S/C15H12ClNO5S2/c16-13-9-5-10-11(22-3-2-21-10)6-12(9)23-14(13)15(18)17-8-1-4-24(19,20)7-8/h1,4-6,8H,2-3,7H2,(H,17,18). The lowest BCUT2D eigenvalue weighted by Crippen LogP contribution is -2.35. The van der Waals surface area contributed by atoms with Crippen LogP contribution in [0.3, 0.4) is 0 Å². The largest absolute Gasteiger partial charge is 0.486 e. The molecule has 1 aromatic heterocycles. The van der Waals surface area contributed by atoms with Crippen LogP contribution in [-0.4, -0.2) is 39.3 Å². The van der Waals surface area contributed by atoms with Gasteiger partial charge >= 0.3 is 0 Å². The summed E-state index contributed by atoms with van der Waals surface area (Å²) in [7, 11) is -3.23. The van der Waals surface area contributed by atoms with Crippen LogP contribution in [0.5, 0.6) is 11.5 Å². The topological polar surface area (TPSA) is 81.7 Å². The monoisotopic (exact) mass is 385 g/mol. The summed E-state index contributed by atoms with van der Waals surface area (Å²) in [4.78, 5) is 12.8. The molecule has 6 nitrogen and oxygen atoms in total. The fourth-order valence-electron chi connectivity index (χ4n) is 2.65. The minimum atomic E-state index is -3.23. The Hall–Kier alpha value is -1.77. The molecule has 2 aliphatic rings. The molecule has 4 rings (SSSR count). The summed E-state index contributed by atoms with van der Waals surface area (Å²) in [6, 6.07) is 3.03. The van der Waals surface area contributed by atoms with Crippen LogP contribution < -0.4 is 14.8 Å². The third-order valence-corrected chi connectivity index (χ3v) is 6.80.